The Bertz CT molecular complexity index is 3960. The van der Waals surface area contributed by atoms with E-state index in [1.54, 1.807) is 0 Å². The minimum atomic E-state index is 0.840. The zero-order valence-corrected chi connectivity index (χ0v) is 35.8. The summed E-state index contributed by atoms with van der Waals surface area (Å²) in [5.41, 5.74) is 14.4. The topological polar surface area (TPSA) is 32.8 Å². The quantitative estimate of drug-likeness (QED) is 0.143. The summed E-state index contributed by atoms with van der Waals surface area (Å²) in [4.78, 5) is 4.75. The molecule has 0 aliphatic carbocycles. The van der Waals surface area contributed by atoms with Gasteiger partial charge in [-0.1, -0.05) is 152 Å². The van der Waals surface area contributed by atoms with E-state index in [9.17, 15) is 0 Å². The first-order valence-electron chi connectivity index (χ1n) is 22.4. The highest BCUT2D eigenvalue weighted by atomic mass is 16.3. The van der Waals surface area contributed by atoms with E-state index in [0.29, 0.717) is 0 Å². The van der Waals surface area contributed by atoms with Gasteiger partial charge in [0.25, 0.3) is 0 Å². The zero-order valence-electron chi connectivity index (χ0n) is 35.8. The van der Waals surface area contributed by atoms with Crippen LogP contribution in [-0.4, -0.2) is 0 Å². The fourth-order valence-electron chi connectivity index (χ4n) is 9.96. The van der Waals surface area contributed by atoms with Crippen molar-refractivity contribution in [3.63, 3.8) is 0 Å². The van der Waals surface area contributed by atoms with E-state index in [2.05, 4.69) is 228 Å². The van der Waals surface area contributed by atoms with Gasteiger partial charge in [0.1, 0.15) is 22.3 Å². The number of nitrogens with zero attached hydrogens (tertiary/aromatic N) is 2. The molecule has 0 radical (unpaired) electrons. The van der Waals surface area contributed by atoms with Crippen LogP contribution in [0, 0.1) is 0 Å². The fraction of sp³-hybridized carbons (Fsp3) is 0. The molecule has 0 fully saturated rings. The van der Waals surface area contributed by atoms with Gasteiger partial charge in [-0.25, -0.2) is 0 Å². The van der Waals surface area contributed by atoms with Crippen molar-refractivity contribution < 1.29 is 8.83 Å². The normalized spacial score (nSPS) is 11.6. The summed E-state index contributed by atoms with van der Waals surface area (Å²) in [6.07, 6.45) is 0. The lowest BCUT2D eigenvalue weighted by Gasteiger charge is -2.31. The molecule has 4 nitrogen and oxygen atoms in total. The van der Waals surface area contributed by atoms with E-state index < -0.39 is 0 Å². The number of anilines is 6. The summed E-state index contributed by atoms with van der Waals surface area (Å²) in [6.45, 7) is 0. The summed E-state index contributed by atoms with van der Waals surface area (Å²) in [7, 11) is 0. The smallest absolute Gasteiger partial charge is 0.137 e. The number of furan rings is 2. The van der Waals surface area contributed by atoms with Gasteiger partial charge in [-0.15, -0.1) is 0 Å². The van der Waals surface area contributed by atoms with Crippen LogP contribution < -0.4 is 9.80 Å². The van der Waals surface area contributed by atoms with Crippen LogP contribution in [0.3, 0.4) is 0 Å². The van der Waals surface area contributed by atoms with Crippen molar-refractivity contribution in [2.45, 2.75) is 0 Å². The molecular weight excluding hydrogens is 805 g/mol. The van der Waals surface area contributed by atoms with E-state index >= 15 is 0 Å². The number of para-hydroxylation sites is 4. The van der Waals surface area contributed by atoms with Gasteiger partial charge in [0.15, 0.2) is 0 Å². The molecule has 0 amide bonds. The lowest BCUT2D eigenvalue weighted by Crippen LogP contribution is -2.14. The van der Waals surface area contributed by atoms with E-state index in [0.717, 1.165) is 89.0 Å². The molecule has 4 heteroatoms. The predicted octanol–water partition coefficient (Wildman–Crippen LogP) is 18.1. The Hall–Kier alpha value is -8.86. The molecule has 0 unspecified atom stereocenters. The Balaban J connectivity index is 1.02. The molecule has 2 aromatic heterocycles. The monoisotopic (exact) mass is 844 g/mol. The van der Waals surface area contributed by atoms with Gasteiger partial charge in [-0.05, 0) is 123 Å². The van der Waals surface area contributed by atoms with Gasteiger partial charge >= 0.3 is 0 Å². The van der Waals surface area contributed by atoms with Crippen LogP contribution in [0.25, 0.3) is 87.7 Å². The molecule has 0 bridgehead atoms. The van der Waals surface area contributed by atoms with Crippen molar-refractivity contribution >= 4 is 99.5 Å². The van der Waals surface area contributed by atoms with Crippen molar-refractivity contribution in [3.05, 3.63) is 243 Å². The maximum atomic E-state index is 6.54. The van der Waals surface area contributed by atoms with Crippen molar-refractivity contribution in [2.75, 3.05) is 9.80 Å². The van der Waals surface area contributed by atoms with Gasteiger partial charge in [0, 0.05) is 61.6 Å². The highest BCUT2D eigenvalue weighted by Gasteiger charge is 2.22. The fourth-order valence-corrected chi connectivity index (χ4v) is 9.96. The van der Waals surface area contributed by atoms with E-state index in [4.69, 9.17) is 8.83 Å². The summed E-state index contributed by atoms with van der Waals surface area (Å²) >= 11 is 0. The lowest BCUT2D eigenvalue weighted by molar-refractivity contribution is 0.669. The standard InChI is InChI=1S/C62H40N2O2/c1-3-16-41(17-4-1)49-22-7-8-23-50(49)51-24-9-12-27-58(51)64(44-18-5-2-6-19-44)46-21-15-20-45(37-46)63(48-34-35-54-52-25-10-13-28-59(52)66-62(54)39-48)47-33-32-42-30-31-43-36-61-57(40-56(43)55(42)38-47)53-26-11-14-29-60(53)65-61/h1-40H. The molecule has 310 valence electrons. The van der Waals surface area contributed by atoms with Crippen LogP contribution in [0.2, 0.25) is 0 Å². The number of benzene rings is 11. The summed E-state index contributed by atoms with van der Waals surface area (Å²) in [6, 6.07) is 86.6. The number of rotatable bonds is 8. The van der Waals surface area contributed by atoms with Crippen LogP contribution in [0.15, 0.2) is 251 Å². The number of hydrogen-bond acceptors (Lipinski definition) is 4. The molecule has 13 rings (SSSR count). The van der Waals surface area contributed by atoms with Crippen LogP contribution in [0.5, 0.6) is 0 Å². The molecule has 0 saturated heterocycles. The second-order valence-corrected chi connectivity index (χ2v) is 16.9. The third-order valence-corrected chi connectivity index (χ3v) is 13.0. The van der Waals surface area contributed by atoms with Crippen LogP contribution >= 0.6 is 0 Å². The molecule has 13 aromatic rings. The van der Waals surface area contributed by atoms with Gasteiger partial charge in [-0.3, -0.25) is 0 Å². The Morgan fingerprint density at radius 2 is 0.758 bits per heavy atom. The first-order chi connectivity index (χ1) is 32.7. The molecule has 0 aliphatic heterocycles. The minimum Gasteiger partial charge on any atom is -0.456 e. The molecule has 0 spiro atoms. The van der Waals surface area contributed by atoms with Crippen molar-refractivity contribution in [1.82, 2.24) is 0 Å². The van der Waals surface area contributed by atoms with Crippen LogP contribution in [0.4, 0.5) is 34.1 Å². The number of hydrogen-bond donors (Lipinski definition) is 0. The molecule has 11 aromatic carbocycles. The highest BCUT2D eigenvalue weighted by Crippen LogP contribution is 2.47. The van der Waals surface area contributed by atoms with Crippen molar-refractivity contribution in [1.29, 1.82) is 0 Å². The first kappa shape index (κ1) is 37.7. The Kier molecular flexibility index (Phi) is 8.81. The second kappa shape index (κ2) is 15.4. The third kappa shape index (κ3) is 6.30. The molecule has 66 heavy (non-hydrogen) atoms. The van der Waals surface area contributed by atoms with Gasteiger partial charge in [-0.2, -0.15) is 0 Å². The zero-order chi connectivity index (χ0) is 43.6. The van der Waals surface area contributed by atoms with E-state index in [-0.39, 0.29) is 0 Å². The second-order valence-electron chi connectivity index (χ2n) is 16.9. The van der Waals surface area contributed by atoms with Gasteiger partial charge in [0.05, 0.1) is 5.69 Å². The average Bonchev–Trinajstić information content (AvgIpc) is 3.94. The third-order valence-electron chi connectivity index (χ3n) is 13.0. The lowest BCUT2D eigenvalue weighted by atomic mass is 9.93. The molecule has 0 atom stereocenters. The SMILES string of the molecule is c1ccc(-c2ccccc2-c2ccccc2N(c2ccccc2)c2cccc(N(c3ccc4c(c3)oc3ccccc34)c3ccc4ccc5cc6oc7ccccc7c6cc5c4c3)c2)cc1. The summed E-state index contributed by atoms with van der Waals surface area (Å²) in [5.74, 6) is 0. The maximum Gasteiger partial charge on any atom is 0.137 e. The van der Waals surface area contributed by atoms with Crippen LogP contribution in [0.1, 0.15) is 0 Å². The van der Waals surface area contributed by atoms with Crippen LogP contribution in [-0.2, 0) is 0 Å². The predicted molar refractivity (Wildman–Crippen MR) is 276 cm³/mol. The van der Waals surface area contributed by atoms with E-state index in [1.807, 2.05) is 24.3 Å². The van der Waals surface area contributed by atoms with Crippen molar-refractivity contribution in [3.8, 4) is 22.3 Å². The average molecular weight is 845 g/mol. The summed E-state index contributed by atoms with van der Waals surface area (Å²) < 4.78 is 12.9. The largest absolute Gasteiger partial charge is 0.456 e. The minimum absolute atomic E-state index is 0.840. The van der Waals surface area contributed by atoms with Gasteiger partial charge in [0.2, 0.25) is 0 Å². The molecule has 0 aliphatic rings. The maximum absolute atomic E-state index is 6.54. The molecule has 2 heterocycles. The van der Waals surface area contributed by atoms with E-state index in [1.165, 1.54) is 32.8 Å². The van der Waals surface area contributed by atoms with Crippen molar-refractivity contribution in [2.24, 2.45) is 0 Å². The summed E-state index contributed by atoms with van der Waals surface area (Å²) in [5, 5.41) is 9.08. The molecule has 0 N–H and O–H groups in total. The molecular formula is C62H40N2O2. The first-order valence-corrected chi connectivity index (χ1v) is 22.4. The Morgan fingerprint density at radius 3 is 1.55 bits per heavy atom. The van der Waals surface area contributed by atoms with Gasteiger partial charge < -0.3 is 18.6 Å². The highest BCUT2D eigenvalue weighted by molar-refractivity contribution is 6.17. The Morgan fingerprint density at radius 1 is 0.242 bits per heavy atom. The Labute approximate surface area is 381 Å². The molecule has 0 saturated carbocycles. The number of fused-ring (bicyclic) bond motifs is 9.